The molecule has 1 amide bonds. The maximum absolute atomic E-state index is 12.7. The van der Waals surface area contributed by atoms with E-state index in [-0.39, 0.29) is 11.9 Å². The standard InChI is InChI=1S/C19H22N4O2/c1-3-9-21-19(24)18-13(2)17(15-6-4-14(11-20)5-7-15)22-23(18)16-8-10-25-12-16/h4-7,16H,3,8-10,12H2,1-2H3,(H,21,24). The molecule has 6 heteroatoms. The molecular weight excluding hydrogens is 316 g/mol. The Labute approximate surface area is 147 Å². The molecule has 1 saturated heterocycles. The molecule has 1 aliphatic rings. The van der Waals surface area contributed by atoms with Gasteiger partial charge in [-0.3, -0.25) is 9.48 Å². The molecule has 1 aliphatic heterocycles. The predicted molar refractivity (Wildman–Crippen MR) is 94.2 cm³/mol. The number of amides is 1. The van der Waals surface area contributed by atoms with Gasteiger partial charge in [-0.25, -0.2) is 0 Å². The number of nitrogens with zero attached hydrogens (tertiary/aromatic N) is 3. The first-order chi connectivity index (χ1) is 12.2. The summed E-state index contributed by atoms with van der Waals surface area (Å²) in [5.41, 5.74) is 3.73. The number of nitriles is 1. The number of aromatic nitrogens is 2. The molecule has 1 unspecified atom stereocenters. The fourth-order valence-corrected chi connectivity index (χ4v) is 3.07. The van der Waals surface area contributed by atoms with Crippen molar-refractivity contribution in [3.8, 4) is 17.3 Å². The summed E-state index contributed by atoms with van der Waals surface area (Å²) < 4.78 is 7.30. The number of hydrogen-bond acceptors (Lipinski definition) is 4. The largest absolute Gasteiger partial charge is 0.379 e. The van der Waals surface area contributed by atoms with Gasteiger partial charge in [-0.1, -0.05) is 19.1 Å². The molecule has 0 aliphatic carbocycles. The normalized spacial score (nSPS) is 16.6. The van der Waals surface area contributed by atoms with E-state index in [4.69, 9.17) is 15.1 Å². The number of nitrogens with one attached hydrogen (secondary N) is 1. The van der Waals surface area contributed by atoms with Gasteiger partial charge >= 0.3 is 0 Å². The average molecular weight is 338 g/mol. The molecule has 0 spiro atoms. The smallest absolute Gasteiger partial charge is 0.269 e. The zero-order valence-corrected chi connectivity index (χ0v) is 14.6. The van der Waals surface area contributed by atoms with Gasteiger partial charge in [0.2, 0.25) is 0 Å². The monoisotopic (exact) mass is 338 g/mol. The Bertz CT molecular complexity index is 796. The molecule has 0 radical (unpaired) electrons. The minimum atomic E-state index is -0.0985. The van der Waals surface area contributed by atoms with Crippen LogP contribution in [0.2, 0.25) is 0 Å². The maximum Gasteiger partial charge on any atom is 0.269 e. The zero-order valence-electron chi connectivity index (χ0n) is 14.6. The molecule has 1 aromatic heterocycles. The van der Waals surface area contributed by atoms with Crippen molar-refractivity contribution in [2.75, 3.05) is 19.8 Å². The molecule has 2 heterocycles. The Kier molecular flexibility index (Phi) is 5.15. The van der Waals surface area contributed by atoms with E-state index >= 15 is 0 Å². The molecule has 0 bridgehead atoms. The molecule has 1 fully saturated rings. The summed E-state index contributed by atoms with van der Waals surface area (Å²) in [6, 6.07) is 9.47. The summed E-state index contributed by atoms with van der Waals surface area (Å²) in [6.07, 6.45) is 1.73. The lowest BCUT2D eigenvalue weighted by Crippen LogP contribution is -2.29. The number of ether oxygens (including phenoxy) is 1. The highest BCUT2D eigenvalue weighted by Gasteiger charge is 2.28. The molecule has 1 aromatic carbocycles. The average Bonchev–Trinajstić information content (AvgIpc) is 3.27. The van der Waals surface area contributed by atoms with Crippen molar-refractivity contribution >= 4 is 5.91 Å². The molecule has 0 saturated carbocycles. The minimum absolute atomic E-state index is 0.0770. The zero-order chi connectivity index (χ0) is 17.8. The fraction of sp³-hybridized carbons (Fsp3) is 0.421. The molecule has 2 aromatic rings. The van der Waals surface area contributed by atoms with Crippen LogP contribution in [0.5, 0.6) is 0 Å². The summed E-state index contributed by atoms with van der Waals surface area (Å²) in [6.45, 7) is 5.84. The van der Waals surface area contributed by atoms with E-state index in [1.165, 1.54) is 0 Å². The second-order valence-electron chi connectivity index (χ2n) is 6.23. The first kappa shape index (κ1) is 17.2. The summed E-state index contributed by atoms with van der Waals surface area (Å²) in [5, 5.41) is 16.7. The first-order valence-corrected chi connectivity index (χ1v) is 8.61. The number of carbonyl (C=O) groups excluding carboxylic acids is 1. The topological polar surface area (TPSA) is 79.9 Å². The molecule has 3 rings (SSSR count). The van der Waals surface area contributed by atoms with Crippen LogP contribution in [0.15, 0.2) is 24.3 Å². The third kappa shape index (κ3) is 3.42. The number of carbonyl (C=O) groups is 1. The molecular formula is C19H22N4O2. The van der Waals surface area contributed by atoms with Gasteiger partial charge in [0.25, 0.3) is 5.91 Å². The van der Waals surface area contributed by atoms with Gasteiger partial charge in [-0.15, -0.1) is 0 Å². The van der Waals surface area contributed by atoms with E-state index in [2.05, 4.69) is 11.4 Å². The highest BCUT2D eigenvalue weighted by atomic mass is 16.5. The van der Waals surface area contributed by atoms with Crippen LogP contribution in [0.4, 0.5) is 0 Å². The highest BCUT2D eigenvalue weighted by Crippen LogP contribution is 2.29. The first-order valence-electron chi connectivity index (χ1n) is 8.61. The molecule has 1 atom stereocenters. The van der Waals surface area contributed by atoms with Crippen molar-refractivity contribution in [2.45, 2.75) is 32.7 Å². The van der Waals surface area contributed by atoms with Crippen LogP contribution in [0.25, 0.3) is 11.3 Å². The maximum atomic E-state index is 12.7. The van der Waals surface area contributed by atoms with Crippen LogP contribution in [0.1, 0.15) is 47.4 Å². The van der Waals surface area contributed by atoms with E-state index in [0.717, 1.165) is 29.7 Å². The van der Waals surface area contributed by atoms with Gasteiger partial charge in [0, 0.05) is 24.3 Å². The number of benzene rings is 1. The third-order valence-electron chi connectivity index (χ3n) is 4.44. The van der Waals surface area contributed by atoms with Gasteiger partial charge in [-0.05, 0) is 31.9 Å². The lowest BCUT2D eigenvalue weighted by molar-refractivity contribution is 0.0938. The van der Waals surface area contributed by atoms with Crippen LogP contribution < -0.4 is 5.32 Å². The van der Waals surface area contributed by atoms with Crippen molar-refractivity contribution in [3.63, 3.8) is 0 Å². The Balaban J connectivity index is 2.04. The van der Waals surface area contributed by atoms with Crippen molar-refractivity contribution in [1.82, 2.24) is 15.1 Å². The van der Waals surface area contributed by atoms with Crippen LogP contribution in [-0.4, -0.2) is 35.4 Å². The summed E-state index contributed by atoms with van der Waals surface area (Å²) in [4.78, 5) is 12.7. The summed E-state index contributed by atoms with van der Waals surface area (Å²) >= 11 is 0. The second-order valence-corrected chi connectivity index (χ2v) is 6.23. The second kappa shape index (κ2) is 7.49. The van der Waals surface area contributed by atoms with E-state index in [0.29, 0.717) is 31.0 Å². The van der Waals surface area contributed by atoms with E-state index in [9.17, 15) is 4.79 Å². The number of rotatable bonds is 5. The molecule has 25 heavy (non-hydrogen) atoms. The third-order valence-corrected chi connectivity index (χ3v) is 4.44. The number of hydrogen-bond donors (Lipinski definition) is 1. The summed E-state index contributed by atoms with van der Waals surface area (Å²) in [5.74, 6) is -0.0985. The summed E-state index contributed by atoms with van der Waals surface area (Å²) in [7, 11) is 0. The quantitative estimate of drug-likeness (QED) is 0.909. The van der Waals surface area contributed by atoms with Crippen LogP contribution in [0, 0.1) is 18.3 Å². The Morgan fingerprint density at radius 1 is 1.44 bits per heavy atom. The lowest BCUT2D eigenvalue weighted by atomic mass is 10.0. The van der Waals surface area contributed by atoms with E-state index in [1.807, 2.05) is 30.7 Å². The predicted octanol–water partition coefficient (Wildman–Crippen LogP) is 2.83. The Morgan fingerprint density at radius 3 is 2.80 bits per heavy atom. The highest BCUT2D eigenvalue weighted by molar-refractivity contribution is 5.95. The van der Waals surface area contributed by atoms with Crippen molar-refractivity contribution in [2.24, 2.45) is 0 Å². The van der Waals surface area contributed by atoms with Gasteiger partial charge in [0.05, 0.1) is 30.0 Å². The van der Waals surface area contributed by atoms with Crippen molar-refractivity contribution in [3.05, 3.63) is 41.1 Å². The van der Waals surface area contributed by atoms with Gasteiger partial charge in [0.15, 0.2) is 0 Å². The van der Waals surface area contributed by atoms with Crippen molar-refractivity contribution < 1.29 is 9.53 Å². The molecule has 1 N–H and O–H groups in total. The molecule has 6 nitrogen and oxygen atoms in total. The van der Waals surface area contributed by atoms with Crippen LogP contribution in [-0.2, 0) is 4.74 Å². The fourth-order valence-electron chi connectivity index (χ4n) is 3.07. The SMILES string of the molecule is CCCNC(=O)c1c(C)c(-c2ccc(C#N)cc2)nn1C1CCOC1. The minimum Gasteiger partial charge on any atom is -0.379 e. The van der Waals surface area contributed by atoms with E-state index in [1.54, 1.807) is 12.1 Å². The van der Waals surface area contributed by atoms with Crippen molar-refractivity contribution in [1.29, 1.82) is 5.26 Å². The van der Waals surface area contributed by atoms with Crippen LogP contribution >= 0.6 is 0 Å². The van der Waals surface area contributed by atoms with E-state index < -0.39 is 0 Å². The van der Waals surface area contributed by atoms with Gasteiger partial charge in [-0.2, -0.15) is 10.4 Å². The molecule has 130 valence electrons. The van der Waals surface area contributed by atoms with Crippen LogP contribution in [0.3, 0.4) is 0 Å². The Morgan fingerprint density at radius 2 is 2.20 bits per heavy atom. The van der Waals surface area contributed by atoms with Gasteiger partial charge in [0.1, 0.15) is 5.69 Å². The Hall–Kier alpha value is -2.65. The van der Waals surface area contributed by atoms with Gasteiger partial charge < -0.3 is 10.1 Å². The lowest BCUT2D eigenvalue weighted by Gasteiger charge is -2.13.